The lowest BCUT2D eigenvalue weighted by Crippen LogP contribution is -2.54. The number of hydrogen-bond acceptors (Lipinski definition) is 3. The molecule has 0 radical (unpaired) electrons. The molecule has 1 heterocycles. The summed E-state index contributed by atoms with van der Waals surface area (Å²) in [5.41, 5.74) is 0. The minimum Gasteiger partial charge on any atom is -0.336 e. The number of sulfonamides is 1. The van der Waals surface area contributed by atoms with Gasteiger partial charge in [0, 0.05) is 25.2 Å². The average Bonchev–Trinajstić information content (AvgIpc) is 2.35. The molecule has 2 amide bonds. The van der Waals surface area contributed by atoms with E-state index in [9.17, 15) is 13.2 Å². The maximum absolute atomic E-state index is 12.1. The van der Waals surface area contributed by atoms with E-state index in [0.29, 0.717) is 13.1 Å². The molecule has 112 valence electrons. The highest BCUT2D eigenvalue weighted by Gasteiger charge is 2.27. The Kier molecular flexibility index (Phi) is 6.06. The highest BCUT2D eigenvalue weighted by Crippen LogP contribution is 2.17. The summed E-state index contributed by atoms with van der Waals surface area (Å²) in [5.74, 6) is 0. The summed E-state index contributed by atoms with van der Waals surface area (Å²) in [7, 11) is -3.21. The van der Waals surface area contributed by atoms with Gasteiger partial charge in [-0.3, -0.25) is 0 Å². The fourth-order valence-corrected chi connectivity index (χ4v) is 2.62. The first-order valence-corrected chi connectivity index (χ1v) is 8.74. The van der Waals surface area contributed by atoms with E-state index in [2.05, 4.69) is 10.0 Å². The van der Waals surface area contributed by atoms with Gasteiger partial charge in [-0.1, -0.05) is 6.92 Å². The number of likely N-dealkylation sites (tertiary alicyclic amines) is 1. The van der Waals surface area contributed by atoms with Gasteiger partial charge in [0.25, 0.3) is 0 Å². The van der Waals surface area contributed by atoms with Gasteiger partial charge in [-0.05, 0) is 32.6 Å². The molecular weight excluding hydrogens is 266 g/mol. The second-order valence-corrected chi connectivity index (χ2v) is 7.06. The van der Waals surface area contributed by atoms with Crippen molar-refractivity contribution in [3.63, 3.8) is 0 Å². The molecule has 0 unspecified atom stereocenters. The molecule has 0 aromatic heterocycles. The lowest BCUT2D eigenvalue weighted by Gasteiger charge is -2.36. The van der Waals surface area contributed by atoms with Crippen LogP contribution in [-0.2, 0) is 10.0 Å². The number of nitrogens with one attached hydrogen (secondary N) is 2. The fourth-order valence-electron chi connectivity index (χ4n) is 2.12. The standard InChI is InChI=1S/C12H25N3O3S/c1-4-10(2)14-12(16)15-8-6-5-7-11(15)9-13-19(3,17)18/h10-11,13H,4-9H2,1-3H3,(H,14,16)/t10-,11-/m1/s1. The monoisotopic (exact) mass is 291 g/mol. The summed E-state index contributed by atoms with van der Waals surface area (Å²) >= 11 is 0. The maximum atomic E-state index is 12.1. The second-order valence-electron chi connectivity index (χ2n) is 5.22. The average molecular weight is 291 g/mol. The molecule has 0 saturated carbocycles. The minimum absolute atomic E-state index is 0.0486. The SMILES string of the molecule is CC[C@@H](C)NC(=O)N1CCCC[C@@H]1CNS(C)(=O)=O. The van der Waals surface area contributed by atoms with E-state index in [0.717, 1.165) is 31.9 Å². The summed E-state index contributed by atoms with van der Waals surface area (Å²) in [5, 5.41) is 2.94. The van der Waals surface area contributed by atoms with Crippen molar-refractivity contribution < 1.29 is 13.2 Å². The van der Waals surface area contributed by atoms with E-state index in [4.69, 9.17) is 0 Å². The zero-order chi connectivity index (χ0) is 14.5. The minimum atomic E-state index is -3.21. The Labute approximate surface area is 116 Å². The van der Waals surface area contributed by atoms with Crippen molar-refractivity contribution in [3.05, 3.63) is 0 Å². The van der Waals surface area contributed by atoms with Crippen LogP contribution in [-0.4, -0.2) is 50.8 Å². The van der Waals surface area contributed by atoms with Crippen LogP contribution in [0.4, 0.5) is 4.79 Å². The summed E-state index contributed by atoms with van der Waals surface area (Å²) < 4.78 is 24.8. The summed E-state index contributed by atoms with van der Waals surface area (Å²) in [6, 6.07) is -0.000161. The molecule has 19 heavy (non-hydrogen) atoms. The van der Waals surface area contributed by atoms with Gasteiger partial charge in [-0.2, -0.15) is 0 Å². The van der Waals surface area contributed by atoms with Crippen molar-refractivity contribution in [2.75, 3.05) is 19.3 Å². The van der Waals surface area contributed by atoms with Crippen LogP contribution in [0.2, 0.25) is 0 Å². The smallest absolute Gasteiger partial charge is 0.317 e. The third-order valence-corrected chi connectivity index (χ3v) is 4.14. The van der Waals surface area contributed by atoms with E-state index in [1.165, 1.54) is 0 Å². The number of piperidine rings is 1. The second kappa shape index (κ2) is 7.09. The van der Waals surface area contributed by atoms with Crippen molar-refractivity contribution in [1.29, 1.82) is 0 Å². The molecule has 1 rings (SSSR count). The van der Waals surface area contributed by atoms with E-state index in [1.807, 2.05) is 13.8 Å². The van der Waals surface area contributed by atoms with Gasteiger partial charge in [0.2, 0.25) is 10.0 Å². The number of hydrogen-bond donors (Lipinski definition) is 2. The van der Waals surface area contributed by atoms with Crippen molar-refractivity contribution >= 4 is 16.1 Å². The fraction of sp³-hybridized carbons (Fsp3) is 0.917. The number of nitrogens with zero attached hydrogens (tertiary/aromatic N) is 1. The Morgan fingerprint density at radius 3 is 2.68 bits per heavy atom. The molecule has 1 aliphatic rings. The van der Waals surface area contributed by atoms with Gasteiger partial charge in [0.05, 0.1) is 6.26 Å². The zero-order valence-corrected chi connectivity index (χ0v) is 12.8. The molecule has 7 heteroatoms. The Morgan fingerprint density at radius 1 is 1.42 bits per heavy atom. The van der Waals surface area contributed by atoms with Crippen molar-refractivity contribution in [1.82, 2.24) is 14.9 Å². The first-order chi connectivity index (χ1) is 8.83. The summed E-state index contributed by atoms with van der Waals surface area (Å²) in [6.45, 7) is 4.97. The maximum Gasteiger partial charge on any atom is 0.317 e. The Bertz CT molecular complexity index is 397. The third kappa shape index (κ3) is 5.78. The van der Waals surface area contributed by atoms with Crippen LogP contribution in [0.15, 0.2) is 0 Å². The summed E-state index contributed by atoms with van der Waals surface area (Å²) in [4.78, 5) is 13.9. The molecule has 0 bridgehead atoms. The van der Waals surface area contributed by atoms with Gasteiger partial charge in [-0.25, -0.2) is 17.9 Å². The molecule has 0 aliphatic carbocycles. The molecule has 0 aromatic carbocycles. The van der Waals surface area contributed by atoms with Gasteiger partial charge < -0.3 is 10.2 Å². The quantitative estimate of drug-likeness (QED) is 0.790. The largest absolute Gasteiger partial charge is 0.336 e. The van der Waals surface area contributed by atoms with E-state index >= 15 is 0 Å². The Balaban J connectivity index is 2.59. The highest BCUT2D eigenvalue weighted by molar-refractivity contribution is 7.88. The van der Waals surface area contributed by atoms with Crippen LogP contribution in [0.3, 0.4) is 0 Å². The highest BCUT2D eigenvalue weighted by atomic mass is 32.2. The van der Waals surface area contributed by atoms with Crippen LogP contribution >= 0.6 is 0 Å². The number of rotatable bonds is 5. The molecule has 1 saturated heterocycles. The van der Waals surface area contributed by atoms with Crippen LogP contribution in [0, 0.1) is 0 Å². The van der Waals surface area contributed by atoms with Crippen molar-refractivity contribution in [3.8, 4) is 0 Å². The number of urea groups is 1. The van der Waals surface area contributed by atoms with Gasteiger partial charge in [0.15, 0.2) is 0 Å². The van der Waals surface area contributed by atoms with Gasteiger partial charge in [-0.15, -0.1) is 0 Å². The third-order valence-electron chi connectivity index (χ3n) is 3.45. The molecule has 0 aromatic rings. The van der Waals surface area contributed by atoms with Crippen molar-refractivity contribution in [2.24, 2.45) is 0 Å². The molecule has 2 N–H and O–H groups in total. The first-order valence-electron chi connectivity index (χ1n) is 6.85. The van der Waals surface area contributed by atoms with Crippen molar-refractivity contribution in [2.45, 2.75) is 51.6 Å². The van der Waals surface area contributed by atoms with Gasteiger partial charge in [0.1, 0.15) is 0 Å². The predicted octanol–water partition coefficient (Wildman–Crippen LogP) is 0.898. The zero-order valence-electron chi connectivity index (χ0n) is 12.0. The van der Waals surface area contributed by atoms with E-state index < -0.39 is 10.0 Å². The molecule has 1 aliphatic heterocycles. The Morgan fingerprint density at radius 2 is 2.11 bits per heavy atom. The summed E-state index contributed by atoms with van der Waals surface area (Å²) in [6.07, 6.45) is 4.87. The molecule has 1 fully saturated rings. The first kappa shape index (κ1) is 16.2. The van der Waals surface area contributed by atoms with Gasteiger partial charge >= 0.3 is 6.03 Å². The number of carbonyl (C=O) groups excluding carboxylic acids is 1. The number of carbonyl (C=O) groups is 1. The lowest BCUT2D eigenvalue weighted by atomic mass is 10.0. The van der Waals surface area contributed by atoms with Crippen LogP contribution in [0.25, 0.3) is 0 Å². The molecule has 0 spiro atoms. The predicted molar refractivity (Wildman–Crippen MR) is 75.5 cm³/mol. The topological polar surface area (TPSA) is 78.5 Å². The lowest BCUT2D eigenvalue weighted by molar-refractivity contribution is 0.149. The normalized spacial score (nSPS) is 22.1. The van der Waals surface area contributed by atoms with Crippen LogP contribution < -0.4 is 10.0 Å². The molecule has 6 nitrogen and oxygen atoms in total. The van der Waals surface area contributed by atoms with E-state index in [1.54, 1.807) is 4.90 Å². The molecule has 2 atom stereocenters. The Hall–Kier alpha value is -0.820. The van der Waals surface area contributed by atoms with Crippen LogP contribution in [0.1, 0.15) is 39.5 Å². The molecular formula is C12H25N3O3S. The van der Waals surface area contributed by atoms with E-state index in [-0.39, 0.29) is 18.1 Å². The van der Waals surface area contributed by atoms with Crippen LogP contribution in [0.5, 0.6) is 0 Å². The number of amides is 2.